The van der Waals surface area contributed by atoms with E-state index < -0.39 is 41.6 Å². The molecule has 3 N–H and O–H groups in total. The van der Waals surface area contributed by atoms with Crippen LogP contribution in [0, 0.1) is 0 Å². The first-order valence-corrected chi connectivity index (χ1v) is 14.6. The molecule has 6 aromatic rings. The maximum atomic E-state index is 13.9. The first-order valence-electron chi connectivity index (χ1n) is 13.8. The first-order chi connectivity index (χ1) is 22.4. The minimum atomic E-state index is -1.23. The van der Waals surface area contributed by atoms with E-state index in [4.69, 9.17) is 37.4 Å². The highest BCUT2D eigenvalue weighted by Crippen LogP contribution is 2.41. The molecule has 0 aliphatic heterocycles. The number of rotatable bonds is 8. The summed E-state index contributed by atoms with van der Waals surface area (Å²) in [4.78, 5) is 51.7. The molecule has 14 heteroatoms. The summed E-state index contributed by atoms with van der Waals surface area (Å²) in [5.74, 6) is -2.65. The third kappa shape index (κ3) is 4.93. The van der Waals surface area contributed by atoms with Crippen LogP contribution < -0.4 is 25.1 Å². The van der Waals surface area contributed by atoms with Gasteiger partial charge in [-0.1, -0.05) is 35.3 Å². The monoisotopic (exact) mass is 678 g/mol. The van der Waals surface area contributed by atoms with Crippen LogP contribution in [0.15, 0.2) is 58.1 Å². The van der Waals surface area contributed by atoms with Crippen LogP contribution in [-0.4, -0.2) is 57.7 Å². The van der Waals surface area contributed by atoms with Crippen LogP contribution in [0.4, 0.5) is 0 Å². The molecule has 0 aliphatic carbocycles. The van der Waals surface area contributed by atoms with Crippen molar-refractivity contribution in [2.75, 3.05) is 21.3 Å². The Morgan fingerprint density at radius 3 is 1.57 bits per heavy atom. The van der Waals surface area contributed by atoms with Crippen molar-refractivity contribution >= 4 is 78.8 Å². The largest absolute Gasteiger partial charge is 0.507 e. The van der Waals surface area contributed by atoms with Gasteiger partial charge in [0.1, 0.15) is 35.6 Å². The Morgan fingerprint density at radius 1 is 0.681 bits per heavy atom. The third-order valence-corrected chi connectivity index (χ3v) is 8.53. The number of carboxylic acids is 2. The van der Waals surface area contributed by atoms with Gasteiger partial charge in [-0.2, -0.15) is 0 Å². The van der Waals surface area contributed by atoms with Crippen molar-refractivity contribution in [2.24, 2.45) is 0 Å². The lowest BCUT2D eigenvalue weighted by Crippen LogP contribution is -2.17. The maximum Gasteiger partial charge on any atom is 0.323 e. The number of aromatic hydroxyl groups is 1. The summed E-state index contributed by atoms with van der Waals surface area (Å²) in [6.45, 7) is -1.18. The fraction of sp³-hybridized carbons (Fsp3) is 0.152. The molecule has 0 aliphatic rings. The Morgan fingerprint density at radius 2 is 1.13 bits per heavy atom. The van der Waals surface area contributed by atoms with Gasteiger partial charge in [0.05, 0.1) is 53.2 Å². The molecule has 4 aromatic carbocycles. The number of hydrogen-bond donors (Lipinski definition) is 3. The van der Waals surface area contributed by atoms with E-state index in [-0.39, 0.29) is 70.9 Å². The highest BCUT2D eigenvalue weighted by molar-refractivity contribution is 6.34. The van der Waals surface area contributed by atoms with E-state index in [1.54, 1.807) is 30.3 Å². The molecule has 0 bridgehead atoms. The molecule has 12 nitrogen and oxygen atoms in total. The number of phenols is 1. The molecule has 0 amide bonds. The Bertz CT molecular complexity index is 2470. The van der Waals surface area contributed by atoms with Gasteiger partial charge in [-0.3, -0.25) is 19.2 Å². The zero-order valence-corrected chi connectivity index (χ0v) is 26.4. The molecule has 0 spiro atoms. The van der Waals surface area contributed by atoms with Gasteiger partial charge in [0.25, 0.3) is 0 Å². The number of carboxylic acid groups (broad SMARTS) is 2. The van der Waals surface area contributed by atoms with Crippen molar-refractivity contribution in [3.63, 3.8) is 0 Å². The van der Waals surface area contributed by atoms with Crippen LogP contribution in [-0.2, 0) is 22.7 Å². The van der Waals surface area contributed by atoms with E-state index in [0.717, 1.165) is 6.07 Å². The SMILES string of the molecule is COc1cc(Cl)c(OC)c2c1c(=O)c1ccc(-c3ccc4c(=O)c5c(O)cc(Cl)c(OC)c5n(CC(=O)O)c4c3)cc1n2CC(=O)O. The number of aromatic nitrogens is 2. The quantitative estimate of drug-likeness (QED) is 0.175. The molecule has 47 heavy (non-hydrogen) atoms. The Balaban J connectivity index is 1.73. The molecule has 0 unspecified atom stereocenters. The van der Waals surface area contributed by atoms with Gasteiger partial charge in [0, 0.05) is 22.9 Å². The van der Waals surface area contributed by atoms with E-state index in [2.05, 4.69) is 0 Å². The van der Waals surface area contributed by atoms with Gasteiger partial charge in [-0.05, 0) is 35.4 Å². The summed E-state index contributed by atoms with van der Waals surface area (Å²) < 4.78 is 19.1. The van der Waals surface area contributed by atoms with Gasteiger partial charge < -0.3 is 38.7 Å². The number of fused-ring (bicyclic) bond motifs is 4. The number of methoxy groups -OCH3 is 3. The number of halogens is 2. The molecule has 0 atom stereocenters. The van der Waals surface area contributed by atoms with Gasteiger partial charge in [0.15, 0.2) is 11.5 Å². The van der Waals surface area contributed by atoms with Crippen molar-refractivity contribution in [3.8, 4) is 34.1 Å². The van der Waals surface area contributed by atoms with Crippen molar-refractivity contribution < 1.29 is 39.1 Å². The zero-order valence-electron chi connectivity index (χ0n) is 24.9. The maximum absolute atomic E-state index is 13.9. The summed E-state index contributed by atoms with van der Waals surface area (Å²) >= 11 is 12.8. The van der Waals surface area contributed by atoms with Crippen LogP contribution in [0.3, 0.4) is 0 Å². The lowest BCUT2D eigenvalue weighted by molar-refractivity contribution is -0.138. The molecule has 2 aromatic heterocycles. The van der Waals surface area contributed by atoms with Crippen molar-refractivity contribution in [3.05, 3.63) is 79.0 Å². The third-order valence-electron chi connectivity index (χ3n) is 7.97. The second-order valence-electron chi connectivity index (χ2n) is 10.5. The standard InChI is InChI=1S/C33H24Cl2N2O10/c1-45-23-11-19(35)33(47-3)29-27(23)31(44)17-7-5-15(9-21(17)37(29)13-25(41)42)14-4-6-16-20(8-14)36(12-24(39)40)28-26(30(16)43)22(38)10-18(34)32(28)46-2/h4-11,38H,12-13H2,1-3H3,(H,39,40)(H,41,42). The number of nitrogens with zero attached hydrogens (tertiary/aromatic N) is 2. The van der Waals surface area contributed by atoms with Crippen molar-refractivity contribution in [2.45, 2.75) is 13.1 Å². The average molecular weight is 679 g/mol. The topological polar surface area (TPSA) is 167 Å². The normalized spacial score (nSPS) is 11.4. The smallest absolute Gasteiger partial charge is 0.323 e. The van der Waals surface area contributed by atoms with Gasteiger partial charge >= 0.3 is 11.9 Å². The summed E-state index contributed by atoms with van der Waals surface area (Å²) in [6, 6.07) is 12.1. The summed E-state index contributed by atoms with van der Waals surface area (Å²) in [5.41, 5.74) is 0.527. The van der Waals surface area contributed by atoms with Gasteiger partial charge in [0.2, 0.25) is 10.9 Å². The average Bonchev–Trinajstić information content (AvgIpc) is 3.03. The number of benzene rings is 4. The van der Waals surface area contributed by atoms with E-state index in [9.17, 15) is 34.5 Å². The molecule has 0 radical (unpaired) electrons. The number of aliphatic carboxylic acids is 2. The minimum Gasteiger partial charge on any atom is -0.507 e. The fourth-order valence-corrected chi connectivity index (χ4v) is 6.61. The van der Waals surface area contributed by atoms with Crippen LogP contribution >= 0.6 is 23.2 Å². The fourth-order valence-electron chi connectivity index (χ4n) is 6.07. The number of phenolic OH excluding ortho intramolecular Hbond substituents is 1. The molecular formula is C33H24Cl2N2O10. The number of pyridine rings is 2. The number of ether oxygens (including phenoxy) is 3. The molecule has 0 saturated heterocycles. The number of hydrogen-bond acceptors (Lipinski definition) is 8. The Hall–Kier alpha value is -5.46. The van der Waals surface area contributed by atoms with E-state index in [1.807, 2.05) is 0 Å². The van der Waals surface area contributed by atoms with E-state index in [0.29, 0.717) is 11.1 Å². The lowest BCUT2D eigenvalue weighted by atomic mass is 9.99. The summed E-state index contributed by atoms with van der Waals surface area (Å²) in [6.07, 6.45) is 0. The van der Waals surface area contributed by atoms with E-state index >= 15 is 0 Å². The Labute approximate surface area is 274 Å². The predicted molar refractivity (Wildman–Crippen MR) is 177 cm³/mol. The van der Waals surface area contributed by atoms with Crippen LogP contribution in [0.5, 0.6) is 23.0 Å². The van der Waals surface area contributed by atoms with Crippen LogP contribution in [0.2, 0.25) is 10.0 Å². The van der Waals surface area contributed by atoms with Gasteiger partial charge in [-0.15, -0.1) is 0 Å². The lowest BCUT2D eigenvalue weighted by Gasteiger charge is -2.20. The molecular weight excluding hydrogens is 655 g/mol. The summed E-state index contributed by atoms with van der Waals surface area (Å²) in [7, 11) is 4.02. The van der Waals surface area contributed by atoms with Crippen molar-refractivity contribution in [1.82, 2.24) is 9.13 Å². The molecule has 0 saturated carbocycles. The highest BCUT2D eigenvalue weighted by Gasteiger charge is 2.24. The van der Waals surface area contributed by atoms with Crippen molar-refractivity contribution in [1.29, 1.82) is 0 Å². The van der Waals surface area contributed by atoms with Crippen LogP contribution in [0.1, 0.15) is 0 Å². The first kappa shape index (κ1) is 31.5. The number of carbonyl (C=O) groups is 2. The second kappa shape index (κ2) is 11.7. The molecule has 240 valence electrons. The molecule has 0 fully saturated rings. The van der Waals surface area contributed by atoms with E-state index in [1.165, 1.54) is 42.6 Å². The second-order valence-corrected chi connectivity index (χ2v) is 11.3. The van der Waals surface area contributed by atoms with Crippen LogP contribution in [0.25, 0.3) is 54.7 Å². The van der Waals surface area contributed by atoms with Gasteiger partial charge in [-0.25, -0.2) is 0 Å². The highest BCUT2D eigenvalue weighted by atomic mass is 35.5. The predicted octanol–water partition coefficient (Wildman–Crippen LogP) is 5.50. The molecule has 2 heterocycles. The molecule has 6 rings (SSSR count). The Kier molecular flexibility index (Phi) is 7.86. The zero-order chi connectivity index (χ0) is 33.9. The minimum absolute atomic E-state index is 0.00317. The summed E-state index contributed by atoms with van der Waals surface area (Å²) in [5, 5.41) is 30.7.